The highest BCUT2D eigenvalue weighted by Crippen LogP contribution is 2.58. The van der Waals surface area contributed by atoms with Crippen LogP contribution in [-0.2, 0) is 13.6 Å². The summed E-state index contributed by atoms with van der Waals surface area (Å²) in [5.74, 6) is -0.804. The van der Waals surface area contributed by atoms with Gasteiger partial charge in [0, 0.05) is 6.20 Å². The molecule has 1 heterocycles. The smallest absolute Gasteiger partial charge is 0.314 e. The lowest BCUT2D eigenvalue weighted by atomic mass is 10.3. The van der Waals surface area contributed by atoms with Gasteiger partial charge in [0.15, 0.2) is 0 Å². The molecule has 0 aliphatic rings. The maximum Gasteiger partial charge on any atom is 0.351 e. The summed E-state index contributed by atoms with van der Waals surface area (Å²) in [6, 6.07) is 3.40. The lowest BCUT2D eigenvalue weighted by Crippen LogP contribution is -2.15. The van der Waals surface area contributed by atoms with Crippen LogP contribution in [0.15, 0.2) is 22.9 Å². The van der Waals surface area contributed by atoms with E-state index in [1.165, 1.54) is 0 Å². The predicted octanol–water partition coefficient (Wildman–Crippen LogP) is 3.07. The minimum Gasteiger partial charge on any atom is -0.314 e. The van der Waals surface area contributed by atoms with Crippen LogP contribution in [0.2, 0.25) is 0 Å². The molecule has 0 saturated heterocycles. The number of hydrogen-bond acceptors (Lipinski definition) is 5. The van der Waals surface area contributed by atoms with Gasteiger partial charge < -0.3 is 14.8 Å². The number of pyridine rings is 1. The Morgan fingerprint density at radius 1 is 1.47 bits per heavy atom. The lowest BCUT2D eigenvalue weighted by molar-refractivity contribution is 0.212. The van der Waals surface area contributed by atoms with E-state index in [-0.39, 0.29) is 13.2 Å². The van der Waals surface area contributed by atoms with Gasteiger partial charge in [-0.05, 0) is 47.5 Å². The van der Waals surface area contributed by atoms with E-state index in [0.717, 1.165) is 0 Å². The second kappa shape index (κ2) is 6.61. The van der Waals surface area contributed by atoms with Crippen LogP contribution >= 0.6 is 23.5 Å². The number of nitrogens with zero attached hydrogens (tertiary/aromatic N) is 1. The molecule has 0 saturated carbocycles. The minimum atomic E-state index is -3.32. The molecule has 0 radical (unpaired) electrons. The van der Waals surface area contributed by atoms with E-state index in [2.05, 4.69) is 20.9 Å². The first kappa shape index (κ1) is 14.8. The Morgan fingerprint density at radius 2 is 2.06 bits per heavy atom. The molecule has 0 spiro atoms. The van der Waals surface area contributed by atoms with Crippen LogP contribution in [0.3, 0.4) is 0 Å². The summed E-state index contributed by atoms with van der Waals surface area (Å²) in [4.78, 5) is 3.99. The molecule has 1 rings (SSSR count). The van der Waals surface area contributed by atoms with Crippen LogP contribution < -0.4 is 5.73 Å². The Bertz CT molecular complexity index is 406. The van der Waals surface area contributed by atoms with Gasteiger partial charge in [0.1, 0.15) is 10.4 Å². The monoisotopic (exact) mass is 322 g/mol. The summed E-state index contributed by atoms with van der Waals surface area (Å²) >= 11 is 3.24. The summed E-state index contributed by atoms with van der Waals surface area (Å²) in [5.41, 5.74) is 6.62. The van der Waals surface area contributed by atoms with Crippen molar-refractivity contribution >= 4 is 23.5 Å². The molecular weight excluding hydrogens is 307 g/mol. The standard InChI is InChI=1S/C10H16BrN2O3P/c1-3-15-17(14,16-4-2)10(12)8-5-6-13-9(11)7-8/h5-7,10H,3-4,12H2,1-2H3/t10-/m0/s1. The molecule has 0 aliphatic heterocycles. The first-order valence-electron chi connectivity index (χ1n) is 5.29. The van der Waals surface area contributed by atoms with E-state index in [4.69, 9.17) is 14.8 Å². The first-order chi connectivity index (χ1) is 8.03. The molecular formula is C10H16BrN2O3P. The fourth-order valence-corrected chi connectivity index (χ4v) is 3.37. The Labute approximate surface area is 109 Å². The average molecular weight is 323 g/mol. The molecule has 1 aromatic heterocycles. The van der Waals surface area contributed by atoms with Gasteiger partial charge in [-0.25, -0.2) is 4.98 Å². The summed E-state index contributed by atoms with van der Waals surface area (Å²) < 4.78 is 23.4. The molecule has 0 unspecified atom stereocenters. The molecule has 5 nitrogen and oxygen atoms in total. The fourth-order valence-electron chi connectivity index (χ4n) is 1.34. The second-order valence-electron chi connectivity index (χ2n) is 3.23. The minimum absolute atomic E-state index is 0.289. The van der Waals surface area contributed by atoms with Crippen molar-refractivity contribution < 1.29 is 13.6 Å². The van der Waals surface area contributed by atoms with Crippen LogP contribution in [0.1, 0.15) is 25.2 Å². The van der Waals surface area contributed by atoms with Crippen molar-refractivity contribution in [1.29, 1.82) is 0 Å². The van der Waals surface area contributed by atoms with E-state index in [0.29, 0.717) is 10.2 Å². The third kappa shape index (κ3) is 3.86. The van der Waals surface area contributed by atoms with E-state index in [1.54, 1.807) is 32.2 Å². The molecule has 1 aromatic rings. The van der Waals surface area contributed by atoms with Crippen molar-refractivity contribution in [2.75, 3.05) is 13.2 Å². The van der Waals surface area contributed by atoms with E-state index in [9.17, 15) is 4.57 Å². The number of nitrogens with two attached hydrogens (primary N) is 1. The van der Waals surface area contributed by atoms with Crippen molar-refractivity contribution in [3.05, 3.63) is 28.5 Å². The van der Waals surface area contributed by atoms with Gasteiger partial charge in [-0.3, -0.25) is 4.57 Å². The fraction of sp³-hybridized carbons (Fsp3) is 0.500. The lowest BCUT2D eigenvalue weighted by Gasteiger charge is -2.23. The number of halogens is 1. The Balaban J connectivity index is 2.99. The third-order valence-electron chi connectivity index (χ3n) is 2.05. The quantitative estimate of drug-likeness (QED) is 0.643. The zero-order valence-corrected chi connectivity index (χ0v) is 12.3. The molecule has 2 N–H and O–H groups in total. The van der Waals surface area contributed by atoms with E-state index in [1.807, 2.05) is 0 Å². The number of rotatable bonds is 6. The first-order valence-corrected chi connectivity index (χ1v) is 7.69. The zero-order chi connectivity index (χ0) is 12.9. The largest absolute Gasteiger partial charge is 0.351 e. The third-order valence-corrected chi connectivity index (χ3v) is 4.70. The topological polar surface area (TPSA) is 74.4 Å². The van der Waals surface area contributed by atoms with Gasteiger partial charge in [0.05, 0.1) is 13.2 Å². The Hall–Kier alpha value is -0.260. The maximum atomic E-state index is 12.4. The van der Waals surface area contributed by atoms with Crippen molar-refractivity contribution in [3.8, 4) is 0 Å². The van der Waals surface area contributed by atoms with Crippen LogP contribution in [0.25, 0.3) is 0 Å². The summed E-state index contributed by atoms with van der Waals surface area (Å²) in [5, 5.41) is 0. The highest BCUT2D eigenvalue weighted by atomic mass is 79.9. The summed E-state index contributed by atoms with van der Waals surface area (Å²) in [6.07, 6.45) is 1.58. The molecule has 96 valence electrons. The average Bonchev–Trinajstić information content (AvgIpc) is 2.28. The van der Waals surface area contributed by atoms with Gasteiger partial charge in [-0.1, -0.05) is 0 Å². The van der Waals surface area contributed by atoms with Crippen LogP contribution in [-0.4, -0.2) is 18.2 Å². The van der Waals surface area contributed by atoms with Crippen molar-refractivity contribution in [3.63, 3.8) is 0 Å². The predicted molar refractivity (Wildman–Crippen MR) is 69.7 cm³/mol. The molecule has 0 bridgehead atoms. The van der Waals surface area contributed by atoms with Crippen LogP contribution in [0, 0.1) is 0 Å². The molecule has 17 heavy (non-hydrogen) atoms. The van der Waals surface area contributed by atoms with Gasteiger partial charge in [0.25, 0.3) is 0 Å². The zero-order valence-electron chi connectivity index (χ0n) is 9.80. The normalized spacial score (nSPS) is 13.6. The van der Waals surface area contributed by atoms with Crippen molar-refractivity contribution in [2.24, 2.45) is 5.73 Å². The molecule has 0 aromatic carbocycles. The maximum absolute atomic E-state index is 12.4. The van der Waals surface area contributed by atoms with Crippen LogP contribution in [0.5, 0.6) is 0 Å². The van der Waals surface area contributed by atoms with Gasteiger partial charge in [-0.15, -0.1) is 0 Å². The summed E-state index contributed by atoms with van der Waals surface area (Å²) in [6.45, 7) is 4.08. The molecule has 0 amide bonds. The Kier molecular flexibility index (Phi) is 5.76. The molecule has 0 aliphatic carbocycles. The summed E-state index contributed by atoms with van der Waals surface area (Å²) in [7, 11) is -3.32. The number of hydrogen-bond donors (Lipinski definition) is 1. The highest BCUT2D eigenvalue weighted by Gasteiger charge is 2.33. The van der Waals surface area contributed by atoms with Gasteiger partial charge in [0.2, 0.25) is 0 Å². The molecule has 7 heteroatoms. The van der Waals surface area contributed by atoms with E-state index >= 15 is 0 Å². The highest BCUT2D eigenvalue weighted by molar-refractivity contribution is 9.10. The van der Waals surface area contributed by atoms with Gasteiger partial charge in [-0.2, -0.15) is 0 Å². The molecule has 0 fully saturated rings. The number of aromatic nitrogens is 1. The van der Waals surface area contributed by atoms with E-state index < -0.39 is 13.4 Å². The van der Waals surface area contributed by atoms with Crippen LogP contribution in [0.4, 0.5) is 0 Å². The SMILES string of the molecule is CCOP(=O)(OCC)[C@H](N)c1ccnc(Br)c1. The second-order valence-corrected chi connectivity index (χ2v) is 6.20. The van der Waals surface area contributed by atoms with Gasteiger partial charge >= 0.3 is 7.60 Å². The molecule has 1 atom stereocenters. The van der Waals surface area contributed by atoms with Crippen molar-refractivity contribution in [1.82, 2.24) is 4.98 Å². The van der Waals surface area contributed by atoms with Crippen molar-refractivity contribution in [2.45, 2.75) is 19.6 Å². The Morgan fingerprint density at radius 3 is 2.53 bits per heavy atom.